The van der Waals surface area contributed by atoms with Crippen LogP contribution in [-0.2, 0) is 17.3 Å². The Bertz CT molecular complexity index is 568. The summed E-state index contributed by atoms with van der Waals surface area (Å²) in [5, 5.41) is 9.14. The first kappa shape index (κ1) is 19.0. The van der Waals surface area contributed by atoms with Crippen LogP contribution in [0.5, 0.6) is 0 Å². The first-order valence-corrected chi connectivity index (χ1v) is 7.82. The Hall–Kier alpha value is -1.05. The molecule has 0 aromatic heterocycles. The van der Waals surface area contributed by atoms with Gasteiger partial charge in [0.25, 0.3) is 0 Å². The van der Waals surface area contributed by atoms with Crippen molar-refractivity contribution in [2.75, 3.05) is 0 Å². The van der Waals surface area contributed by atoms with Gasteiger partial charge in [0.15, 0.2) is 0 Å². The van der Waals surface area contributed by atoms with Crippen molar-refractivity contribution in [1.29, 1.82) is 0 Å². The molecule has 0 aliphatic rings. The van der Waals surface area contributed by atoms with Gasteiger partial charge in [0.2, 0.25) is 0 Å². The molecule has 0 bridgehead atoms. The fraction of sp³-hybridized carbons (Fsp3) is 0.533. The number of benzene rings is 1. The van der Waals surface area contributed by atoms with Gasteiger partial charge in [0.05, 0.1) is 11.3 Å². The van der Waals surface area contributed by atoms with Gasteiger partial charge < -0.3 is 9.66 Å². The quantitative estimate of drug-likeness (QED) is 0.675. The van der Waals surface area contributed by atoms with E-state index in [-0.39, 0.29) is 11.3 Å². The Labute approximate surface area is 131 Å². The summed E-state index contributed by atoms with van der Waals surface area (Å²) >= 11 is -1.63. The van der Waals surface area contributed by atoms with E-state index in [9.17, 15) is 17.7 Å². The molecule has 3 nitrogen and oxygen atoms in total. The van der Waals surface area contributed by atoms with Crippen molar-refractivity contribution in [3.8, 4) is 0 Å². The molecule has 0 fully saturated rings. The Balaban J connectivity index is 3.32. The predicted molar refractivity (Wildman–Crippen MR) is 82.1 cm³/mol. The zero-order valence-electron chi connectivity index (χ0n) is 13.2. The largest absolute Gasteiger partial charge is 0.591 e. The summed E-state index contributed by atoms with van der Waals surface area (Å²) in [5.74, 6) is -4.88. The highest BCUT2D eigenvalue weighted by Crippen LogP contribution is 2.34. The van der Waals surface area contributed by atoms with E-state index >= 15 is 0 Å². The maximum atomic E-state index is 14.4. The van der Waals surface area contributed by atoms with Crippen LogP contribution in [0.4, 0.5) is 13.2 Å². The molecule has 2 unspecified atom stereocenters. The molecule has 22 heavy (non-hydrogen) atoms. The zero-order valence-corrected chi connectivity index (χ0v) is 14.0. The number of rotatable bonds is 4. The lowest BCUT2D eigenvalue weighted by Crippen LogP contribution is -2.30. The maximum absolute atomic E-state index is 14.4. The van der Waals surface area contributed by atoms with E-state index in [1.165, 1.54) is 19.1 Å². The minimum absolute atomic E-state index is 0.0639. The molecule has 1 aromatic rings. The molecular weight excluding hydrogens is 315 g/mol. The van der Waals surface area contributed by atoms with Crippen molar-refractivity contribution in [3.63, 3.8) is 0 Å². The van der Waals surface area contributed by atoms with Crippen LogP contribution in [0.3, 0.4) is 0 Å². The molecule has 0 amide bonds. The molecule has 0 spiro atoms. The van der Waals surface area contributed by atoms with Crippen LogP contribution in [0, 0.1) is 5.82 Å². The summed E-state index contributed by atoms with van der Waals surface area (Å²) in [5.41, 5.74) is -1.000. The molecule has 2 atom stereocenters. The first-order chi connectivity index (χ1) is 9.89. The number of aliphatic hydroxyl groups excluding tert-OH is 1. The van der Waals surface area contributed by atoms with E-state index in [4.69, 9.17) is 5.11 Å². The number of hydrogen-bond donors (Lipinski definition) is 1. The first-order valence-electron chi connectivity index (χ1n) is 6.71. The Morgan fingerprint density at radius 3 is 2.32 bits per heavy atom. The van der Waals surface area contributed by atoms with Crippen molar-refractivity contribution in [1.82, 2.24) is 0 Å². The van der Waals surface area contributed by atoms with Gasteiger partial charge in [-0.25, -0.2) is 4.39 Å². The van der Waals surface area contributed by atoms with Gasteiger partial charge in [0.1, 0.15) is 28.0 Å². The fourth-order valence-electron chi connectivity index (χ4n) is 1.60. The van der Waals surface area contributed by atoms with Crippen molar-refractivity contribution in [3.05, 3.63) is 35.1 Å². The molecule has 7 heteroatoms. The maximum Gasteiger partial charge on any atom is 0.301 e. The van der Waals surface area contributed by atoms with Gasteiger partial charge in [-0.2, -0.15) is 8.78 Å². The second kappa shape index (κ2) is 6.60. The van der Waals surface area contributed by atoms with Crippen molar-refractivity contribution < 1.29 is 22.8 Å². The average Bonchev–Trinajstić information content (AvgIpc) is 2.37. The minimum Gasteiger partial charge on any atom is -0.591 e. The van der Waals surface area contributed by atoms with E-state index < -0.39 is 39.5 Å². The lowest BCUT2D eigenvalue weighted by Gasteiger charge is -2.22. The zero-order chi connectivity index (χ0) is 17.3. The summed E-state index contributed by atoms with van der Waals surface area (Å²) in [7, 11) is 0. The van der Waals surface area contributed by atoms with Crippen LogP contribution < -0.4 is 0 Å². The predicted octanol–water partition coefficient (Wildman–Crippen LogP) is 3.57. The van der Waals surface area contributed by atoms with Crippen LogP contribution in [0.25, 0.3) is 0 Å². The SMILES string of the molecule is CC(=N[S+]([O-])C(C)(C)C)c1cccc(C(F)(F)C(C)O)c1F. The van der Waals surface area contributed by atoms with E-state index in [2.05, 4.69) is 4.40 Å². The Morgan fingerprint density at radius 2 is 1.86 bits per heavy atom. The molecule has 0 saturated carbocycles. The molecule has 0 heterocycles. The molecule has 1 aromatic carbocycles. The summed E-state index contributed by atoms with van der Waals surface area (Å²) in [4.78, 5) is 0. The monoisotopic (exact) mass is 335 g/mol. The number of hydrogen-bond acceptors (Lipinski definition) is 3. The Kier molecular flexibility index (Phi) is 5.70. The van der Waals surface area contributed by atoms with Crippen molar-refractivity contribution in [2.45, 2.75) is 51.4 Å². The molecular formula is C15H20F3NO2S. The van der Waals surface area contributed by atoms with Crippen molar-refractivity contribution in [2.24, 2.45) is 4.40 Å². The molecule has 1 N–H and O–H groups in total. The van der Waals surface area contributed by atoms with Gasteiger partial charge >= 0.3 is 5.92 Å². The smallest absolute Gasteiger partial charge is 0.301 e. The van der Waals surface area contributed by atoms with Crippen LogP contribution in [-0.4, -0.2) is 26.2 Å². The number of alkyl halides is 2. The fourth-order valence-corrected chi connectivity index (χ4v) is 2.23. The normalized spacial score (nSPS) is 16.5. The average molecular weight is 335 g/mol. The van der Waals surface area contributed by atoms with Gasteiger partial charge in [-0.05, 0) is 40.7 Å². The third kappa shape index (κ3) is 4.02. The number of nitrogens with zero attached hydrogens (tertiary/aromatic N) is 1. The van der Waals surface area contributed by atoms with E-state index in [1.54, 1.807) is 20.8 Å². The Morgan fingerprint density at radius 1 is 1.32 bits per heavy atom. The van der Waals surface area contributed by atoms with E-state index in [1.807, 2.05) is 0 Å². The topological polar surface area (TPSA) is 55.7 Å². The molecule has 0 aliphatic heterocycles. The second-order valence-electron chi connectivity index (χ2n) is 6.00. The highest BCUT2D eigenvalue weighted by molar-refractivity contribution is 7.91. The van der Waals surface area contributed by atoms with Crippen LogP contribution in [0.1, 0.15) is 45.7 Å². The highest BCUT2D eigenvalue weighted by Gasteiger charge is 2.40. The molecule has 124 valence electrons. The highest BCUT2D eigenvalue weighted by atomic mass is 32.2. The molecule has 0 saturated heterocycles. The van der Waals surface area contributed by atoms with E-state index in [0.717, 1.165) is 13.0 Å². The van der Waals surface area contributed by atoms with Crippen LogP contribution >= 0.6 is 0 Å². The van der Waals surface area contributed by atoms with Crippen LogP contribution in [0.15, 0.2) is 22.6 Å². The molecule has 0 aliphatic carbocycles. The summed E-state index contributed by atoms with van der Waals surface area (Å²) in [6, 6.07) is 3.46. The lowest BCUT2D eigenvalue weighted by molar-refractivity contribution is -0.108. The molecule has 0 radical (unpaired) electrons. The third-order valence-electron chi connectivity index (χ3n) is 3.02. The standard InChI is InChI=1S/C15H20F3NO2S/c1-9(19-22(21)14(3,4)5)11-7-6-8-12(13(11)16)15(17,18)10(2)20/h6-8,10,20H,1-5H3. The van der Waals surface area contributed by atoms with Crippen LogP contribution in [0.2, 0.25) is 0 Å². The van der Waals surface area contributed by atoms with Gasteiger partial charge in [-0.1, -0.05) is 16.5 Å². The van der Waals surface area contributed by atoms with E-state index in [0.29, 0.717) is 0 Å². The number of aliphatic hydroxyl groups is 1. The summed E-state index contributed by atoms with van der Waals surface area (Å²) in [6.45, 7) is 7.41. The minimum atomic E-state index is -3.72. The lowest BCUT2D eigenvalue weighted by atomic mass is 9.99. The summed E-state index contributed by atoms with van der Waals surface area (Å²) < 4.78 is 57.3. The van der Waals surface area contributed by atoms with Gasteiger partial charge in [-0.15, -0.1) is 0 Å². The van der Waals surface area contributed by atoms with Gasteiger partial charge in [0, 0.05) is 5.56 Å². The third-order valence-corrected chi connectivity index (χ3v) is 4.50. The van der Waals surface area contributed by atoms with Crippen molar-refractivity contribution >= 4 is 17.1 Å². The molecule has 1 rings (SSSR count). The summed E-state index contributed by atoms with van der Waals surface area (Å²) in [6.07, 6.45) is -2.03. The number of halogens is 3. The van der Waals surface area contributed by atoms with Gasteiger partial charge in [-0.3, -0.25) is 0 Å². The second-order valence-corrected chi connectivity index (χ2v) is 7.91.